The molecule has 2 aromatic heterocycles. The van der Waals surface area contributed by atoms with E-state index < -0.39 is 0 Å². The minimum absolute atomic E-state index is 0.0130. The molecule has 2 aromatic carbocycles. The zero-order valence-corrected chi connectivity index (χ0v) is 19.9. The van der Waals surface area contributed by atoms with Crippen molar-refractivity contribution >= 4 is 22.3 Å². The van der Waals surface area contributed by atoms with Crippen LogP contribution in [0.2, 0.25) is 0 Å². The van der Waals surface area contributed by atoms with Crippen molar-refractivity contribution in [2.45, 2.75) is 26.9 Å². The Morgan fingerprint density at radius 3 is 2.45 bits per heavy atom. The molecule has 170 valence electrons. The molecule has 7 heteroatoms. The van der Waals surface area contributed by atoms with Gasteiger partial charge in [0, 0.05) is 55.9 Å². The van der Waals surface area contributed by atoms with E-state index >= 15 is 0 Å². The molecule has 0 radical (unpaired) electrons. The quantitative estimate of drug-likeness (QED) is 0.470. The van der Waals surface area contributed by atoms with Gasteiger partial charge in [-0.25, -0.2) is 9.78 Å². The summed E-state index contributed by atoms with van der Waals surface area (Å²) in [7, 11) is 0. The van der Waals surface area contributed by atoms with Crippen LogP contribution in [-0.4, -0.2) is 51.4 Å². The Bertz CT molecular complexity index is 1240. The first-order chi connectivity index (χ1) is 16.1. The highest BCUT2D eigenvalue weighted by molar-refractivity contribution is 7.17. The molecule has 1 aliphatic heterocycles. The van der Waals surface area contributed by atoms with Crippen molar-refractivity contribution in [3.63, 3.8) is 0 Å². The van der Waals surface area contributed by atoms with Crippen molar-refractivity contribution in [2.75, 3.05) is 26.2 Å². The van der Waals surface area contributed by atoms with Crippen LogP contribution in [0, 0.1) is 13.8 Å². The molecule has 2 amide bonds. The number of nitrogens with one attached hydrogen (secondary N) is 1. The fourth-order valence-corrected chi connectivity index (χ4v) is 5.15. The minimum atomic E-state index is 0.0130. The van der Waals surface area contributed by atoms with Crippen LogP contribution in [0.15, 0.2) is 60.8 Å². The molecule has 3 heterocycles. The molecule has 1 saturated heterocycles. The number of aryl methyl sites for hydroxylation is 2. The molecule has 1 fully saturated rings. The molecule has 0 unspecified atom stereocenters. The number of carbonyl (C=O) groups is 1. The molecular weight excluding hydrogens is 430 g/mol. The van der Waals surface area contributed by atoms with Gasteiger partial charge in [0.1, 0.15) is 0 Å². The molecule has 0 atom stereocenters. The second-order valence-corrected chi connectivity index (χ2v) is 9.89. The molecule has 5 rings (SSSR count). The highest BCUT2D eigenvalue weighted by Gasteiger charge is 2.24. The van der Waals surface area contributed by atoms with Crippen molar-refractivity contribution in [1.82, 2.24) is 24.5 Å². The van der Waals surface area contributed by atoms with Crippen molar-refractivity contribution in [3.05, 3.63) is 82.5 Å². The second kappa shape index (κ2) is 9.37. The van der Waals surface area contributed by atoms with E-state index in [1.54, 1.807) is 11.3 Å². The number of amides is 2. The summed E-state index contributed by atoms with van der Waals surface area (Å²) < 4.78 is 2.24. The van der Waals surface area contributed by atoms with Gasteiger partial charge in [0.25, 0.3) is 0 Å². The van der Waals surface area contributed by atoms with Gasteiger partial charge >= 0.3 is 6.03 Å². The Morgan fingerprint density at radius 1 is 1.00 bits per heavy atom. The lowest BCUT2D eigenvalue weighted by Crippen LogP contribution is -2.51. The topological polar surface area (TPSA) is 52.9 Å². The van der Waals surface area contributed by atoms with E-state index in [1.807, 2.05) is 35.2 Å². The lowest BCUT2D eigenvalue weighted by Gasteiger charge is -2.34. The predicted octanol–water partition coefficient (Wildman–Crippen LogP) is 4.71. The number of hydrogen-bond acceptors (Lipinski definition) is 4. The largest absolute Gasteiger partial charge is 0.334 e. The molecule has 0 bridgehead atoms. The number of benzene rings is 2. The van der Waals surface area contributed by atoms with Gasteiger partial charge in [-0.05, 0) is 19.4 Å². The molecule has 0 aliphatic carbocycles. The van der Waals surface area contributed by atoms with Crippen molar-refractivity contribution < 1.29 is 4.79 Å². The van der Waals surface area contributed by atoms with Crippen LogP contribution < -0.4 is 5.32 Å². The average Bonchev–Trinajstić information content (AvgIpc) is 3.36. The van der Waals surface area contributed by atoms with E-state index in [-0.39, 0.29) is 6.03 Å². The van der Waals surface area contributed by atoms with Crippen molar-refractivity contribution in [1.29, 1.82) is 0 Å². The van der Waals surface area contributed by atoms with Gasteiger partial charge in [-0.1, -0.05) is 60.2 Å². The Kier molecular flexibility index (Phi) is 6.15. The zero-order chi connectivity index (χ0) is 22.8. The van der Waals surface area contributed by atoms with Crippen LogP contribution in [0.4, 0.5) is 4.79 Å². The van der Waals surface area contributed by atoms with Crippen LogP contribution in [-0.2, 0) is 13.1 Å². The van der Waals surface area contributed by atoms with Gasteiger partial charge < -0.3 is 10.2 Å². The van der Waals surface area contributed by atoms with Crippen LogP contribution in [0.3, 0.4) is 0 Å². The zero-order valence-electron chi connectivity index (χ0n) is 19.1. The summed E-state index contributed by atoms with van der Waals surface area (Å²) in [6.07, 6.45) is 2.19. The van der Waals surface area contributed by atoms with Gasteiger partial charge in [-0.15, -0.1) is 11.3 Å². The Balaban J connectivity index is 1.26. The molecule has 33 heavy (non-hydrogen) atoms. The number of fused-ring (bicyclic) bond motifs is 1. The van der Waals surface area contributed by atoms with E-state index in [4.69, 9.17) is 4.98 Å². The number of hydrogen-bond donors (Lipinski definition) is 1. The first-order valence-corrected chi connectivity index (χ1v) is 12.2. The summed E-state index contributed by atoms with van der Waals surface area (Å²) in [4.78, 5) is 24.2. The van der Waals surface area contributed by atoms with Gasteiger partial charge in [-0.3, -0.25) is 9.30 Å². The van der Waals surface area contributed by atoms with Gasteiger partial charge in [0.05, 0.1) is 11.4 Å². The van der Waals surface area contributed by atoms with Crippen molar-refractivity contribution in [3.8, 4) is 11.3 Å². The SMILES string of the molecule is Cc1ccc(-c2nc3sc(C)cn3c2CN2CCN(C(=O)NCc3ccccc3)CC2)cc1. The standard InChI is InChI=1S/C26H29N5OS/c1-19-8-10-22(11-9-19)24-23(31-17-20(2)33-26(31)28-24)18-29-12-14-30(15-13-29)25(32)27-16-21-6-4-3-5-7-21/h3-11,17H,12-16,18H2,1-2H3,(H,27,32). The maximum absolute atomic E-state index is 12.6. The third kappa shape index (κ3) is 4.79. The lowest BCUT2D eigenvalue weighted by molar-refractivity contribution is 0.134. The maximum Gasteiger partial charge on any atom is 0.317 e. The fraction of sp³-hybridized carbons (Fsp3) is 0.308. The van der Waals surface area contributed by atoms with Crippen LogP contribution >= 0.6 is 11.3 Å². The minimum Gasteiger partial charge on any atom is -0.334 e. The number of imidazole rings is 1. The van der Waals surface area contributed by atoms with Crippen LogP contribution in [0.5, 0.6) is 0 Å². The number of carbonyl (C=O) groups excluding carboxylic acids is 1. The number of thiazole rings is 1. The molecule has 1 aliphatic rings. The Labute approximate surface area is 198 Å². The number of rotatable bonds is 5. The molecular formula is C26H29N5OS. The number of urea groups is 1. The fourth-order valence-electron chi connectivity index (χ4n) is 4.30. The first-order valence-electron chi connectivity index (χ1n) is 11.4. The van der Waals surface area contributed by atoms with Crippen molar-refractivity contribution in [2.24, 2.45) is 0 Å². The summed E-state index contributed by atoms with van der Waals surface area (Å²) in [6, 6.07) is 18.7. The van der Waals surface area contributed by atoms with Gasteiger partial charge in [0.15, 0.2) is 4.96 Å². The van der Waals surface area contributed by atoms with Gasteiger partial charge in [-0.2, -0.15) is 0 Å². The molecule has 0 spiro atoms. The van der Waals surface area contributed by atoms with E-state index in [1.165, 1.54) is 16.1 Å². The summed E-state index contributed by atoms with van der Waals surface area (Å²) in [5.74, 6) is 0. The monoisotopic (exact) mass is 459 g/mol. The average molecular weight is 460 g/mol. The predicted molar refractivity (Wildman–Crippen MR) is 134 cm³/mol. The maximum atomic E-state index is 12.6. The van der Waals surface area contributed by atoms with Crippen LogP contribution in [0.25, 0.3) is 16.2 Å². The summed E-state index contributed by atoms with van der Waals surface area (Å²) in [6.45, 7) is 8.77. The molecule has 1 N–H and O–H groups in total. The Morgan fingerprint density at radius 2 is 1.73 bits per heavy atom. The summed E-state index contributed by atoms with van der Waals surface area (Å²) in [5.41, 5.74) is 5.80. The van der Waals surface area contributed by atoms with Crippen LogP contribution in [0.1, 0.15) is 21.7 Å². The number of nitrogens with zero attached hydrogens (tertiary/aromatic N) is 4. The lowest BCUT2D eigenvalue weighted by atomic mass is 10.1. The first kappa shape index (κ1) is 21.7. The number of piperazine rings is 1. The van der Waals surface area contributed by atoms with E-state index in [0.29, 0.717) is 6.54 Å². The third-order valence-electron chi connectivity index (χ3n) is 6.19. The summed E-state index contributed by atoms with van der Waals surface area (Å²) >= 11 is 1.73. The highest BCUT2D eigenvalue weighted by Crippen LogP contribution is 2.29. The highest BCUT2D eigenvalue weighted by atomic mass is 32.1. The third-order valence-corrected chi connectivity index (χ3v) is 7.08. The molecule has 4 aromatic rings. The molecule has 0 saturated carbocycles. The Hall–Kier alpha value is -3.16. The van der Waals surface area contributed by atoms with E-state index in [2.05, 4.69) is 58.9 Å². The smallest absolute Gasteiger partial charge is 0.317 e. The van der Waals surface area contributed by atoms with E-state index in [0.717, 1.165) is 54.5 Å². The van der Waals surface area contributed by atoms with E-state index in [9.17, 15) is 4.79 Å². The number of aromatic nitrogens is 2. The second-order valence-electron chi connectivity index (χ2n) is 8.68. The molecule has 6 nitrogen and oxygen atoms in total. The van der Waals surface area contributed by atoms with Gasteiger partial charge in [0.2, 0.25) is 0 Å². The normalized spacial score (nSPS) is 14.7. The summed E-state index contributed by atoms with van der Waals surface area (Å²) in [5, 5.41) is 3.05.